The first-order chi connectivity index (χ1) is 5.75. The summed E-state index contributed by atoms with van der Waals surface area (Å²) in [7, 11) is 0. The van der Waals surface area contributed by atoms with Crippen LogP contribution >= 0.6 is 0 Å². The molecule has 2 aliphatic rings. The zero-order valence-electron chi connectivity index (χ0n) is 7.50. The van der Waals surface area contributed by atoms with Crippen LogP contribution in [0, 0.1) is 5.41 Å². The van der Waals surface area contributed by atoms with Gasteiger partial charge in [0, 0.05) is 0 Å². The van der Waals surface area contributed by atoms with Crippen LogP contribution in [0.15, 0.2) is 0 Å². The normalized spacial score (nSPS) is 40.5. The molecule has 70 valence electrons. The van der Waals surface area contributed by atoms with Gasteiger partial charge in [-0.1, -0.05) is 19.3 Å². The van der Waals surface area contributed by atoms with Crippen molar-refractivity contribution in [1.29, 1.82) is 0 Å². The Hall–Kier alpha value is -0.0800. The van der Waals surface area contributed by atoms with Gasteiger partial charge in [-0.05, 0) is 31.1 Å². The SMILES string of the molecule is O[C@@H]1[C@@H](O)CCCC12CCCC2. The molecular formula is C10H18O2. The van der Waals surface area contributed by atoms with Gasteiger partial charge in [-0.15, -0.1) is 0 Å². The summed E-state index contributed by atoms with van der Waals surface area (Å²) in [6.07, 6.45) is 6.88. The lowest BCUT2D eigenvalue weighted by Crippen LogP contribution is -2.45. The van der Waals surface area contributed by atoms with E-state index in [1.807, 2.05) is 0 Å². The Labute approximate surface area is 73.6 Å². The summed E-state index contributed by atoms with van der Waals surface area (Å²) in [5, 5.41) is 19.4. The lowest BCUT2D eigenvalue weighted by molar-refractivity contribution is -0.0932. The molecule has 12 heavy (non-hydrogen) atoms. The van der Waals surface area contributed by atoms with Crippen LogP contribution in [0.5, 0.6) is 0 Å². The fourth-order valence-corrected chi connectivity index (χ4v) is 3.00. The topological polar surface area (TPSA) is 40.5 Å². The van der Waals surface area contributed by atoms with Crippen LogP contribution in [0.25, 0.3) is 0 Å². The second kappa shape index (κ2) is 3.00. The minimum Gasteiger partial charge on any atom is -0.390 e. The van der Waals surface area contributed by atoms with Gasteiger partial charge in [0.05, 0.1) is 12.2 Å². The van der Waals surface area contributed by atoms with Crippen LogP contribution in [-0.2, 0) is 0 Å². The van der Waals surface area contributed by atoms with Gasteiger partial charge >= 0.3 is 0 Å². The number of hydrogen-bond donors (Lipinski definition) is 2. The fraction of sp³-hybridized carbons (Fsp3) is 1.00. The molecule has 2 atom stereocenters. The van der Waals surface area contributed by atoms with E-state index in [0.29, 0.717) is 0 Å². The maximum Gasteiger partial charge on any atom is 0.0855 e. The number of aliphatic hydroxyl groups is 2. The molecule has 0 amide bonds. The maximum atomic E-state index is 9.88. The molecule has 2 aliphatic carbocycles. The largest absolute Gasteiger partial charge is 0.390 e. The minimum atomic E-state index is -0.447. The molecule has 2 rings (SSSR count). The molecule has 0 saturated heterocycles. The van der Waals surface area contributed by atoms with Crippen molar-refractivity contribution in [3.05, 3.63) is 0 Å². The molecule has 2 N–H and O–H groups in total. The molecule has 0 heterocycles. The predicted octanol–water partition coefficient (Wildman–Crippen LogP) is 1.45. The summed E-state index contributed by atoms with van der Waals surface area (Å²) in [6, 6.07) is 0. The molecule has 0 aliphatic heterocycles. The van der Waals surface area contributed by atoms with Gasteiger partial charge in [-0.25, -0.2) is 0 Å². The zero-order valence-corrected chi connectivity index (χ0v) is 7.50. The molecule has 0 bridgehead atoms. The summed E-state index contributed by atoms with van der Waals surface area (Å²) in [6.45, 7) is 0. The van der Waals surface area contributed by atoms with Crippen LogP contribution in [0.2, 0.25) is 0 Å². The zero-order chi connectivity index (χ0) is 8.60. The average molecular weight is 170 g/mol. The highest BCUT2D eigenvalue weighted by atomic mass is 16.3. The summed E-state index contributed by atoms with van der Waals surface area (Å²) in [5.74, 6) is 0. The van der Waals surface area contributed by atoms with Crippen LogP contribution in [0.3, 0.4) is 0 Å². The third-order valence-corrected chi connectivity index (χ3v) is 3.77. The van der Waals surface area contributed by atoms with E-state index >= 15 is 0 Å². The van der Waals surface area contributed by atoms with E-state index in [0.717, 1.165) is 32.1 Å². The third kappa shape index (κ3) is 1.17. The molecule has 2 nitrogen and oxygen atoms in total. The van der Waals surface area contributed by atoms with Crippen molar-refractivity contribution in [3.8, 4) is 0 Å². The maximum absolute atomic E-state index is 9.88. The van der Waals surface area contributed by atoms with E-state index in [2.05, 4.69) is 0 Å². The molecular weight excluding hydrogens is 152 g/mol. The molecule has 2 heteroatoms. The number of hydrogen-bond acceptors (Lipinski definition) is 2. The van der Waals surface area contributed by atoms with Crippen molar-refractivity contribution in [2.75, 3.05) is 0 Å². The van der Waals surface area contributed by atoms with Crippen molar-refractivity contribution < 1.29 is 10.2 Å². The lowest BCUT2D eigenvalue weighted by Gasteiger charge is -2.41. The van der Waals surface area contributed by atoms with Crippen molar-refractivity contribution >= 4 is 0 Å². The quantitative estimate of drug-likeness (QED) is 0.577. The van der Waals surface area contributed by atoms with Crippen molar-refractivity contribution in [2.45, 2.75) is 57.2 Å². The monoisotopic (exact) mass is 170 g/mol. The molecule has 2 saturated carbocycles. The highest BCUT2D eigenvalue weighted by molar-refractivity contribution is 4.96. The second-order valence-corrected chi connectivity index (χ2v) is 4.47. The van der Waals surface area contributed by atoms with E-state index in [1.54, 1.807) is 0 Å². The summed E-state index contributed by atoms with van der Waals surface area (Å²) in [5.41, 5.74) is 0.109. The van der Waals surface area contributed by atoms with Crippen LogP contribution in [0.1, 0.15) is 44.9 Å². The molecule has 0 unspecified atom stereocenters. The molecule has 0 aromatic heterocycles. The summed E-state index contributed by atoms with van der Waals surface area (Å²) < 4.78 is 0. The molecule has 1 spiro atoms. The molecule has 0 aromatic carbocycles. The first-order valence-corrected chi connectivity index (χ1v) is 5.11. The standard InChI is InChI=1S/C10H18O2/c11-8-4-3-7-10(9(8)12)5-1-2-6-10/h8-9,11-12H,1-7H2/t8-,9+/m0/s1. The van der Waals surface area contributed by atoms with E-state index < -0.39 is 12.2 Å². The Morgan fingerprint density at radius 3 is 2.17 bits per heavy atom. The smallest absolute Gasteiger partial charge is 0.0855 e. The van der Waals surface area contributed by atoms with E-state index in [-0.39, 0.29) is 5.41 Å². The Kier molecular flexibility index (Phi) is 2.13. The minimum absolute atomic E-state index is 0.109. The number of rotatable bonds is 0. The summed E-state index contributed by atoms with van der Waals surface area (Å²) >= 11 is 0. The molecule has 0 radical (unpaired) electrons. The second-order valence-electron chi connectivity index (χ2n) is 4.47. The highest BCUT2D eigenvalue weighted by Gasteiger charge is 2.45. The van der Waals surface area contributed by atoms with Gasteiger partial charge in [-0.2, -0.15) is 0 Å². The average Bonchev–Trinajstić information content (AvgIpc) is 2.50. The van der Waals surface area contributed by atoms with Crippen molar-refractivity contribution in [1.82, 2.24) is 0 Å². The van der Waals surface area contributed by atoms with E-state index in [9.17, 15) is 10.2 Å². The Bertz CT molecular complexity index is 161. The van der Waals surface area contributed by atoms with Gasteiger partial charge < -0.3 is 10.2 Å². The van der Waals surface area contributed by atoms with E-state index in [1.165, 1.54) is 12.8 Å². The Morgan fingerprint density at radius 1 is 0.917 bits per heavy atom. The molecule has 0 aromatic rings. The predicted molar refractivity (Wildman–Crippen MR) is 46.8 cm³/mol. The van der Waals surface area contributed by atoms with Crippen molar-refractivity contribution in [2.24, 2.45) is 5.41 Å². The summed E-state index contributed by atoms with van der Waals surface area (Å²) in [4.78, 5) is 0. The van der Waals surface area contributed by atoms with Crippen LogP contribution < -0.4 is 0 Å². The van der Waals surface area contributed by atoms with Crippen LogP contribution in [-0.4, -0.2) is 22.4 Å². The first-order valence-electron chi connectivity index (χ1n) is 5.11. The highest BCUT2D eigenvalue weighted by Crippen LogP contribution is 2.48. The first kappa shape index (κ1) is 8.52. The van der Waals surface area contributed by atoms with Gasteiger partial charge in [-0.3, -0.25) is 0 Å². The Morgan fingerprint density at radius 2 is 1.50 bits per heavy atom. The van der Waals surface area contributed by atoms with E-state index in [4.69, 9.17) is 0 Å². The van der Waals surface area contributed by atoms with Gasteiger partial charge in [0.1, 0.15) is 0 Å². The number of aliphatic hydroxyl groups excluding tert-OH is 2. The fourth-order valence-electron chi connectivity index (χ4n) is 3.00. The van der Waals surface area contributed by atoms with Crippen LogP contribution in [0.4, 0.5) is 0 Å². The van der Waals surface area contributed by atoms with Gasteiger partial charge in [0.2, 0.25) is 0 Å². The van der Waals surface area contributed by atoms with Gasteiger partial charge in [0.15, 0.2) is 0 Å². The van der Waals surface area contributed by atoms with Gasteiger partial charge in [0.25, 0.3) is 0 Å². The third-order valence-electron chi connectivity index (χ3n) is 3.77. The van der Waals surface area contributed by atoms with Crippen molar-refractivity contribution in [3.63, 3.8) is 0 Å². The lowest BCUT2D eigenvalue weighted by atomic mass is 9.69. The Balaban J connectivity index is 2.11. The molecule has 2 fully saturated rings.